The third-order valence-electron chi connectivity index (χ3n) is 3.23. The first kappa shape index (κ1) is 17.6. The highest BCUT2D eigenvalue weighted by Gasteiger charge is 2.30. The fraction of sp³-hybridized carbons (Fsp3) is 0.333. The molecule has 0 unspecified atom stereocenters. The summed E-state index contributed by atoms with van der Waals surface area (Å²) in [5.41, 5.74) is 0.0363. The van der Waals surface area contributed by atoms with Crippen molar-refractivity contribution in [1.82, 2.24) is 20.5 Å². The molecule has 0 aliphatic heterocycles. The Morgan fingerprint density at radius 3 is 2.38 bits per heavy atom. The van der Waals surface area contributed by atoms with Crippen molar-refractivity contribution < 1.29 is 18.0 Å². The molecule has 0 aliphatic carbocycles. The maximum atomic E-state index is 12.5. The summed E-state index contributed by atoms with van der Waals surface area (Å²) in [5, 5.41) is 13.0. The second-order valence-electron chi connectivity index (χ2n) is 5.32. The summed E-state index contributed by atoms with van der Waals surface area (Å²) >= 11 is 0. The molecule has 6 nitrogen and oxygen atoms in total. The van der Waals surface area contributed by atoms with Gasteiger partial charge in [0.05, 0.1) is 5.56 Å². The first-order valence-electron chi connectivity index (χ1n) is 7.12. The summed E-state index contributed by atoms with van der Waals surface area (Å²) < 4.78 is 37.6. The maximum absolute atomic E-state index is 12.5. The Labute approximate surface area is 136 Å². The molecule has 0 spiro atoms. The molecular weight excluding hydrogens is 323 g/mol. The maximum Gasteiger partial charge on any atom is 0.417 e. The molecule has 2 rings (SSSR count). The van der Waals surface area contributed by atoms with E-state index in [0.717, 1.165) is 12.3 Å². The molecule has 0 saturated carbocycles. The lowest BCUT2D eigenvalue weighted by Crippen LogP contribution is -2.22. The van der Waals surface area contributed by atoms with Gasteiger partial charge < -0.3 is 10.6 Å². The van der Waals surface area contributed by atoms with Crippen LogP contribution in [0.1, 0.15) is 41.4 Å². The van der Waals surface area contributed by atoms with Crippen LogP contribution in [-0.4, -0.2) is 28.1 Å². The minimum atomic E-state index is -4.44. The third kappa shape index (κ3) is 3.98. The average Bonchev–Trinajstić information content (AvgIpc) is 2.53. The molecule has 0 aliphatic rings. The normalized spacial score (nSPS) is 11.5. The molecule has 0 aromatic carbocycles. The highest BCUT2D eigenvalue weighted by atomic mass is 19.4. The van der Waals surface area contributed by atoms with Gasteiger partial charge in [-0.1, -0.05) is 13.8 Å². The zero-order valence-electron chi connectivity index (χ0n) is 13.3. The van der Waals surface area contributed by atoms with Crippen LogP contribution in [-0.2, 0) is 6.18 Å². The lowest BCUT2D eigenvalue weighted by atomic mass is 10.0. The molecule has 128 valence electrons. The Bertz CT molecular complexity index is 729. The van der Waals surface area contributed by atoms with E-state index in [1.807, 2.05) is 13.8 Å². The van der Waals surface area contributed by atoms with Crippen molar-refractivity contribution in [2.75, 3.05) is 12.4 Å². The average molecular weight is 339 g/mol. The van der Waals surface area contributed by atoms with Gasteiger partial charge in [-0.25, -0.2) is 4.98 Å². The topological polar surface area (TPSA) is 79.8 Å². The summed E-state index contributed by atoms with van der Waals surface area (Å²) in [4.78, 5) is 15.5. The highest BCUT2D eigenvalue weighted by molar-refractivity contribution is 5.93. The van der Waals surface area contributed by atoms with Crippen molar-refractivity contribution in [3.63, 3.8) is 0 Å². The number of amides is 1. The first-order chi connectivity index (χ1) is 11.2. The van der Waals surface area contributed by atoms with Gasteiger partial charge in [0.1, 0.15) is 5.82 Å². The molecule has 24 heavy (non-hydrogen) atoms. The Kier molecular flexibility index (Phi) is 5.01. The van der Waals surface area contributed by atoms with Crippen molar-refractivity contribution in [3.8, 4) is 0 Å². The summed E-state index contributed by atoms with van der Waals surface area (Å²) in [5.74, 6) is 0.137. The number of aromatic nitrogens is 3. The molecule has 0 bridgehead atoms. The van der Waals surface area contributed by atoms with Gasteiger partial charge >= 0.3 is 6.18 Å². The number of nitrogens with one attached hydrogen (secondary N) is 2. The van der Waals surface area contributed by atoms with Crippen LogP contribution < -0.4 is 10.6 Å². The fourth-order valence-corrected chi connectivity index (χ4v) is 1.97. The second kappa shape index (κ2) is 6.81. The SMILES string of the molecule is CNC(=O)c1nnc(Nc2ccc(C(F)(F)F)cn2)cc1C(C)C. The van der Waals surface area contributed by atoms with Gasteiger partial charge in [0, 0.05) is 13.2 Å². The van der Waals surface area contributed by atoms with Crippen molar-refractivity contribution in [3.05, 3.63) is 41.2 Å². The molecule has 9 heteroatoms. The van der Waals surface area contributed by atoms with E-state index in [1.165, 1.54) is 13.1 Å². The van der Waals surface area contributed by atoms with E-state index < -0.39 is 11.7 Å². The molecule has 1 amide bonds. The van der Waals surface area contributed by atoms with Crippen LogP contribution in [0.3, 0.4) is 0 Å². The Hall–Kier alpha value is -2.71. The van der Waals surface area contributed by atoms with Crippen molar-refractivity contribution in [2.24, 2.45) is 0 Å². The van der Waals surface area contributed by atoms with E-state index >= 15 is 0 Å². The minimum absolute atomic E-state index is 0.00825. The lowest BCUT2D eigenvalue weighted by molar-refractivity contribution is -0.137. The van der Waals surface area contributed by atoms with E-state index in [1.54, 1.807) is 6.07 Å². The Morgan fingerprint density at radius 1 is 1.17 bits per heavy atom. The van der Waals surface area contributed by atoms with E-state index in [9.17, 15) is 18.0 Å². The van der Waals surface area contributed by atoms with Crippen LogP contribution in [0, 0.1) is 0 Å². The van der Waals surface area contributed by atoms with E-state index in [-0.39, 0.29) is 23.3 Å². The number of hydrogen-bond acceptors (Lipinski definition) is 5. The molecule has 0 saturated heterocycles. The van der Waals surface area contributed by atoms with Gasteiger partial charge in [-0.05, 0) is 29.7 Å². The number of halogens is 3. The monoisotopic (exact) mass is 339 g/mol. The summed E-state index contributed by atoms with van der Waals surface area (Å²) in [6.45, 7) is 3.78. The van der Waals surface area contributed by atoms with Gasteiger partial charge in [-0.2, -0.15) is 13.2 Å². The van der Waals surface area contributed by atoms with E-state index in [4.69, 9.17) is 0 Å². The fourth-order valence-electron chi connectivity index (χ4n) is 1.97. The Balaban J connectivity index is 2.27. The number of alkyl halides is 3. The number of rotatable bonds is 4. The molecular formula is C15H16F3N5O. The molecule has 2 aromatic rings. The summed E-state index contributed by atoms with van der Waals surface area (Å²) in [6, 6.07) is 3.75. The van der Waals surface area contributed by atoms with Crippen molar-refractivity contribution in [1.29, 1.82) is 0 Å². The number of anilines is 2. The van der Waals surface area contributed by atoms with Crippen LogP contribution in [0.5, 0.6) is 0 Å². The molecule has 0 fully saturated rings. The van der Waals surface area contributed by atoms with Gasteiger partial charge in [-0.3, -0.25) is 4.79 Å². The Morgan fingerprint density at radius 2 is 1.88 bits per heavy atom. The highest BCUT2D eigenvalue weighted by Crippen LogP contribution is 2.29. The van der Waals surface area contributed by atoms with Gasteiger partial charge in [-0.15, -0.1) is 10.2 Å². The van der Waals surface area contributed by atoms with Crippen molar-refractivity contribution in [2.45, 2.75) is 25.9 Å². The zero-order chi connectivity index (χ0) is 17.9. The smallest absolute Gasteiger partial charge is 0.354 e. The summed E-state index contributed by atoms with van der Waals surface area (Å²) in [6.07, 6.45) is -3.71. The number of carbonyl (C=O) groups is 1. The molecule has 2 heterocycles. The first-order valence-corrected chi connectivity index (χ1v) is 7.12. The van der Waals surface area contributed by atoms with E-state index in [0.29, 0.717) is 11.4 Å². The van der Waals surface area contributed by atoms with Crippen LogP contribution in [0.25, 0.3) is 0 Å². The number of pyridine rings is 1. The number of hydrogen-bond donors (Lipinski definition) is 2. The van der Waals surface area contributed by atoms with Gasteiger partial charge in [0.15, 0.2) is 11.5 Å². The quantitative estimate of drug-likeness (QED) is 0.895. The van der Waals surface area contributed by atoms with E-state index in [2.05, 4.69) is 25.8 Å². The minimum Gasteiger partial charge on any atom is -0.354 e. The predicted octanol–water partition coefficient (Wildman–Crippen LogP) is 3.12. The molecule has 0 radical (unpaired) electrons. The molecule has 2 aromatic heterocycles. The van der Waals surface area contributed by atoms with Crippen LogP contribution >= 0.6 is 0 Å². The largest absolute Gasteiger partial charge is 0.417 e. The van der Waals surface area contributed by atoms with Gasteiger partial charge in [0.2, 0.25) is 0 Å². The standard InChI is InChI=1S/C15H16F3N5O/c1-8(2)10-6-12(22-23-13(10)14(24)19-3)21-11-5-4-9(7-20-11)15(16,17)18/h4-8H,1-3H3,(H,19,24)(H,20,21,22). The van der Waals surface area contributed by atoms with Crippen LogP contribution in [0.15, 0.2) is 24.4 Å². The summed E-state index contributed by atoms with van der Waals surface area (Å²) in [7, 11) is 1.49. The van der Waals surface area contributed by atoms with Gasteiger partial charge in [0.25, 0.3) is 5.91 Å². The van der Waals surface area contributed by atoms with Crippen molar-refractivity contribution >= 4 is 17.5 Å². The molecule has 0 atom stereocenters. The lowest BCUT2D eigenvalue weighted by Gasteiger charge is -2.12. The van der Waals surface area contributed by atoms with Crippen LogP contribution in [0.2, 0.25) is 0 Å². The number of nitrogens with zero attached hydrogens (tertiary/aromatic N) is 3. The predicted molar refractivity (Wildman–Crippen MR) is 82.0 cm³/mol. The third-order valence-corrected chi connectivity index (χ3v) is 3.23. The number of carbonyl (C=O) groups excluding carboxylic acids is 1. The van der Waals surface area contributed by atoms with Crippen LogP contribution in [0.4, 0.5) is 24.8 Å². The molecule has 2 N–H and O–H groups in total. The zero-order valence-corrected chi connectivity index (χ0v) is 13.3. The second-order valence-corrected chi connectivity index (χ2v) is 5.32.